The molecule has 5 atom stereocenters. The Bertz CT molecular complexity index is 856. The first-order valence-electron chi connectivity index (χ1n) is 6.70. The summed E-state index contributed by atoms with van der Waals surface area (Å²) in [6.45, 7) is 1.33. The van der Waals surface area contributed by atoms with Crippen molar-refractivity contribution in [1.82, 2.24) is 19.5 Å². The molecule has 1 aliphatic rings. The van der Waals surface area contributed by atoms with Crippen LogP contribution in [0.1, 0.15) is 13.2 Å². The Morgan fingerprint density at radius 2 is 2.39 bits per heavy atom. The maximum atomic E-state index is 15.1. The zero-order valence-electron chi connectivity index (χ0n) is 12.0. The van der Waals surface area contributed by atoms with Crippen LogP contribution in [0.5, 0.6) is 0 Å². The highest BCUT2D eigenvalue weighted by Crippen LogP contribution is 2.43. The molecule has 122 valence electrons. The van der Waals surface area contributed by atoms with Gasteiger partial charge in [0.25, 0.3) is 5.56 Å². The lowest BCUT2D eigenvalue weighted by molar-refractivity contribution is -0.0776. The number of nitrogens with two attached hydrogens (primary N) is 1. The van der Waals surface area contributed by atoms with Gasteiger partial charge in [-0.05, 0) is 6.92 Å². The van der Waals surface area contributed by atoms with Crippen LogP contribution >= 0.6 is 0 Å². The molecule has 1 aliphatic heterocycles. The summed E-state index contributed by atoms with van der Waals surface area (Å²) in [5.74, 6) is 1.67. The van der Waals surface area contributed by atoms with E-state index in [4.69, 9.17) is 16.9 Å². The number of terminal acetylenes is 1. The first-order valence-corrected chi connectivity index (χ1v) is 6.70. The average Bonchev–Trinajstić information content (AvgIpc) is 3.00. The van der Waals surface area contributed by atoms with Gasteiger partial charge in [-0.15, -0.1) is 6.42 Å². The Labute approximate surface area is 128 Å². The van der Waals surface area contributed by atoms with Gasteiger partial charge in [0.15, 0.2) is 17.4 Å². The molecular weight excluding hydrogens is 309 g/mol. The van der Waals surface area contributed by atoms with Gasteiger partial charge >= 0.3 is 0 Å². The molecule has 0 aromatic carbocycles. The number of rotatable bonds is 2. The number of H-pyrrole nitrogens is 1. The number of imidazole rings is 1. The van der Waals surface area contributed by atoms with Crippen LogP contribution in [-0.4, -0.2) is 53.7 Å². The van der Waals surface area contributed by atoms with Crippen LogP contribution in [0.4, 0.5) is 10.3 Å². The van der Waals surface area contributed by atoms with E-state index < -0.39 is 35.8 Å². The minimum Gasteiger partial charge on any atom is -0.391 e. The van der Waals surface area contributed by atoms with Crippen LogP contribution in [0.15, 0.2) is 11.1 Å². The average molecular weight is 323 g/mol. The maximum absolute atomic E-state index is 15.1. The summed E-state index contributed by atoms with van der Waals surface area (Å²) in [4.78, 5) is 21.8. The number of hydrogen-bond acceptors (Lipinski definition) is 7. The molecule has 0 amide bonds. The smallest absolute Gasteiger partial charge is 0.280 e. The highest BCUT2D eigenvalue weighted by Gasteiger charge is 2.59. The largest absolute Gasteiger partial charge is 0.391 e. The predicted molar refractivity (Wildman–Crippen MR) is 76.8 cm³/mol. The van der Waals surface area contributed by atoms with Crippen molar-refractivity contribution in [3.63, 3.8) is 0 Å². The Morgan fingerprint density at radius 1 is 1.70 bits per heavy atom. The van der Waals surface area contributed by atoms with Crippen molar-refractivity contribution >= 4 is 17.1 Å². The SMILES string of the molecule is C#CC1(F)C(O)[C@@H]([C@H](C)O)O[C@H]1n1cnc2c(=O)[nH]c(N)nc21. The third kappa shape index (κ3) is 2.09. The fourth-order valence-electron chi connectivity index (χ4n) is 2.62. The Balaban J connectivity index is 2.18. The standard InChI is InChI=1S/C13H14FN5O4/c1-3-13(14)8(21)7(5(2)20)23-11(13)19-4-16-6-9(19)17-12(15)18-10(6)22/h1,4-5,7-8,11,20-21H,2H3,(H3,15,17,18,22)/t5-,7+,8?,11+,13?/m0/s1. The molecule has 5 N–H and O–H groups in total. The monoisotopic (exact) mass is 323 g/mol. The summed E-state index contributed by atoms with van der Waals surface area (Å²) in [6, 6.07) is 0. The van der Waals surface area contributed by atoms with E-state index >= 15 is 4.39 Å². The topological polar surface area (TPSA) is 139 Å². The van der Waals surface area contributed by atoms with Gasteiger partial charge in [-0.1, -0.05) is 5.92 Å². The van der Waals surface area contributed by atoms with Gasteiger partial charge in [0.1, 0.15) is 12.2 Å². The van der Waals surface area contributed by atoms with Crippen LogP contribution in [0.3, 0.4) is 0 Å². The lowest BCUT2D eigenvalue weighted by Crippen LogP contribution is -2.43. The number of fused-ring (bicyclic) bond motifs is 1. The van der Waals surface area contributed by atoms with Crippen LogP contribution in [-0.2, 0) is 4.74 Å². The molecule has 2 unspecified atom stereocenters. The molecule has 1 saturated heterocycles. The zero-order chi connectivity index (χ0) is 16.9. The zero-order valence-corrected chi connectivity index (χ0v) is 12.0. The molecule has 0 aliphatic carbocycles. The van der Waals surface area contributed by atoms with Crippen LogP contribution in [0.25, 0.3) is 11.2 Å². The van der Waals surface area contributed by atoms with Crippen molar-refractivity contribution in [2.75, 3.05) is 5.73 Å². The number of nitrogens with zero attached hydrogens (tertiary/aromatic N) is 3. The summed E-state index contributed by atoms with van der Waals surface area (Å²) in [5, 5.41) is 19.7. The molecule has 23 heavy (non-hydrogen) atoms. The van der Waals surface area contributed by atoms with Crippen LogP contribution < -0.4 is 11.3 Å². The number of ether oxygens (including phenoxy) is 1. The number of anilines is 1. The fraction of sp³-hybridized carbons (Fsp3) is 0.462. The lowest BCUT2D eigenvalue weighted by Gasteiger charge is -2.23. The third-order valence-electron chi connectivity index (χ3n) is 3.79. The normalized spacial score (nSPS) is 32.0. The number of alkyl halides is 1. The molecule has 0 radical (unpaired) electrons. The third-order valence-corrected chi connectivity index (χ3v) is 3.79. The minimum absolute atomic E-state index is 0.0491. The highest BCUT2D eigenvalue weighted by molar-refractivity contribution is 5.70. The second-order valence-corrected chi connectivity index (χ2v) is 5.33. The Kier molecular flexibility index (Phi) is 3.36. The molecule has 10 heteroatoms. The number of aliphatic hydroxyl groups is 2. The van der Waals surface area contributed by atoms with E-state index in [1.54, 1.807) is 0 Å². The molecule has 1 fully saturated rings. The number of aliphatic hydroxyl groups excluding tert-OH is 2. The fourth-order valence-corrected chi connectivity index (χ4v) is 2.62. The molecule has 3 rings (SSSR count). The molecule has 0 spiro atoms. The van der Waals surface area contributed by atoms with E-state index in [1.165, 1.54) is 6.92 Å². The Morgan fingerprint density at radius 3 is 3.00 bits per heavy atom. The molecule has 9 nitrogen and oxygen atoms in total. The number of halogens is 1. The van der Waals surface area contributed by atoms with E-state index in [0.29, 0.717) is 0 Å². The van der Waals surface area contributed by atoms with Crippen molar-refractivity contribution in [2.24, 2.45) is 0 Å². The van der Waals surface area contributed by atoms with Crippen LogP contribution in [0.2, 0.25) is 0 Å². The molecule has 0 bridgehead atoms. The number of aromatic amines is 1. The number of hydrogen-bond donors (Lipinski definition) is 4. The first kappa shape index (κ1) is 15.4. The highest BCUT2D eigenvalue weighted by atomic mass is 19.1. The molecule has 0 saturated carbocycles. The first-order chi connectivity index (χ1) is 10.8. The van der Waals surface area contributed by atoms with E-state index in [1.807, 2.05) is 5.92 Å². The van der Waals surface area contributed by atoms with Crippen molar-refractivity contribution < 1.29 is 19.3 Å². The summed E-state index contributed by atoms with van der Waals surface area (Å²) in [7, 11) is 0. The molecular formula is C13H14FN5O4. The number of nitrogens with one attached hydrogen (secondary N) is 1. The number of aromatic nitrogens is 4. The molecule has 3 heterocycles. The number of nitrogen functional groups attached to an aromatic ring is 1. The van der Waals surface area contributed by atoms with Gasteiger partial charge in [-0.3, -0.25) is 14.3 Å². The van der Waals surface area contributed by atoms with Gasteiger partial charge in [0.2, 0.25) is 11.6 Å². The van der Waals surface area contributed by atoms with E-state index in [0.717, 1.165) is 10.9 Å². The maximum Gasteiger partial charge on any atom is 0.280 e. The van der Waals surface area contributed by atoms with Crippen LogP contribution in [0, 0.1) is 12.3 Å². The summed E-state index contributed by atoms with van der Waals surface area (Å²) >= 11 is 0. The second kappa shape index (κ2) is 5.02. The second-order valence-electron chi connectivity index (χ2n) is 5.33. The van der Waals surface area contributed by atoms with Gasteiger partial charge in [-0.25, -0.2) is 9.37 Å². The predicted octanol–water partition coefficient (Wildman–Crippen LogP) is -1.32. The quantitative estimate of drug-likeness (QED) is 0.503. The lowest BCUT2D eigenvalue weighted by atomic mass is 9.95. The molecule has 2 aromatic rings. The van der Waals surface area contributed by atoms with Crippen molar-refractivity contribution in [3.8, 4) is 12.3 Å². The van der Waals surface area contributed by atoms with Crippen molar-refractivity contribution in [3.05, 3.63) is 16.7 Å². The van der Waals surface area contributed by atoms with Crippen molar-refractivity contribution in [2.45, 2.75) is 37.1 Å². The van der Waals surface area contributed by atoms with Crippen molar-refractivity contribution in [1.29, 1.82) is 0 Å². The summed E-state index contributed by atoms with van der Waals surface area (Å²) in [6.07, 6.45) is 0.619. The summed E-state index contributed by atoms with van der Waals surface area (Å²) in [5.41, 5.74) is 2.09. The van der Waals surface area contributed by atoms with E-state index in [9.17, 15) is 15.0 Å². The Hall–Kier alpha value is -2.48. The van der Waals surface area contributed by atoms with Gasteiger partial charge < -0.3 is 20.7 Å². The van der Waals surface area contributed by atoms with Gasteiger partial charge in [-0.2, -0.15) is 4.98 Å². The van der Waals surface area contributed by atoms with Gasteiger partial charge in [0, 0.05) is 0 Å². The summed E-state index contributed by atoms with van der Waals surface area (Å²) < 4.78 is 21.5. The van der Waals surface area contributed by atoms with Gasteiger partial charge in [0.05, 0.1) is 12.4 Å². The van der Waals surface area contributed by atoms with E-state index in [2.05, 4.69) is 15.0 Å². The minimum atomic E-state index is -2.64. The van der Waals surface area contributed by atoms with E-state index in [-0.39, 0.29) is 17.1 Å². The molecule has 2 aromatic heterocycles.